The van der Waals surface area contributed by atoms with Gasteiger partial charge in [-0.3, -0.25) is 5.41 Å². The molecule has 2 rings (SSSR count). The summed E-state index contributed by atoms with van der Waals surface area (Å²) in [7, 11) is 1.94. The van der Waals surface area contributed by atoms with Crippen molar-refractivity contribution in [2.24, 2.45) is 5.73 Å². The van der Waals surface area contributed by atoms with Crippen molar-refractivity contribution in [2.75, 3.05) is 11.9 Å². The van der Waals surface area contributed by atoms with Gasteiger partial charge in [-0.2, -0.15) is 0 Å². The average Bonchev–Trinajstić information content (AvgIpc) is 2.41. The smallest absolute Gasteiger partial charge is 0.147 e. The van der Waals surface area contributed by atoms with Crippen molar-refractivity contribution < 1.29 is 0 Å². The maximum atomic E-state index is 7.28. The van der Waals surface area contributed by atoms with Crippen LogP contribution in [0.25, 0.3) is 0 Å². The number of hydrogen-bond donors (Lipinski definition) is 2. The number of aromatic nitrogens is 2. The number of amidine groups is 1. The Morgan fingerprint density at radius 1 is 1.32 bits per heavy atom. The lowest BCUT2D eigenvalue weighted by molar-refractivity contribution is 0.885. The number of nitrogens with two attached hydrogens (primary N) is 1. The van der Waals surface area contributed by atoms with Crippen LogP contribution in [-0.4, -0.2) is 22.9 Å². The fourth-order valence-corrected chi connectivity index (χ4v) is 2.03. The molecule has 0 radical (unpaired) electrons. The zero-order valence-corrected chi connectivity index (χ0v) is 12.1. The normalized spacial score (nSPS) is 10.2. The van der Waals surface area contributed by atoms with Crippen molar-refractivity contribution in [1.82, 2.24) is 9.97 Å². The molecule has 0 bridgehead atoms. The largest absolute Gasteiger partial charge is 0.382 e. The van der Waals surface area contributed by atoms with Crippen LogP contribution in [0.3, 0.4) is 0 Å². The van der Waals surface area contributed by atoms with E-state index in [0.29, 0.717) is 5.69 Å². The molecule has 0 amide bonds. The molecule has 0 spiro atoms. The highest BCUT2D eigenvalue weighted by molar-refractivity contribution is 9.10. The summed E-state index contributed by atoms with van der Waals surface area (Å²) in [5, 5.41) is 7.28. The Labute approximate surface area is 120 Å². The highest BCUT2D eigenvalue weighted by Crippen LogP contribution is 2.19. The first-order chi connectivity index (χ1) is 9.08. The number of hydrogen-bond acceptors (Lipinski definition) is 4. The third kappa shape index (κ3) is 3.29. The van der Waals surface area contributed by atoms with Gasteiger partial charge in [-0.05, 0) is 11.6 Å². The van der Waals surface area contributed by atoms with Gasteiger partial charge in [-0.1, -0.05) is 34.1 Å². The van der Waals surface area contributed by atoms with E-state index in [1.807, 2.05) is 30.1 Å². The van der Waals surface area contributed by atoms with Crippen molar-refractivity contribution in [3.05, 3.63) is 52.4 Å². The molecule has 0 aliphatic rings. The molecule has 2 aromatic rings. The number of halogens is 1. The van der Waals surface area contributed by atoms with Gasteiger partial charge in [0.2, 0.25) is 0 Å². The molecule has 98 valence electrons. The van der Waals surface area contributed by atoms with E-state index in [0.717, 1.165) is 16.8 Å². The van der Waals surface area contributed by atoms with E-state index in [1.165, 1.54) is 11.8 Å². The van der Waals surface area contributed by atoms with Gasteiger partial charge in [0, 0.05) is 18.1 Å². The molecule has 19 heavy (non-hydrogen) atoms. The van der Waals surface area contributed by atoms with E-state index < -0.39 is 0 Å². The molecular formula is C13H14BrN5. The summed E-state index contributed by atoms with van der Waals surface area (Å²) in [5.74, 6) is 0.660. The van der Waals surface area contributed by atoms with Crippen LogP contribution in [-0.2, 0) is 6.54 Å². The standard InChI is InChI=1S/C13H14BrN5/c1-19(8-9-4-2-3-5-10(9)14)12-7-17-11(6-18-12)13(15)16/h2-7H,8H2,1H3,(H3,15,16). The van der Waals surface area contributed by atoms with Crippen molar-refractivity contribution >= 4 is 27.6 Å². The van der Waals surface area contributed by atoms with Crippen molar-refractivity contribution in [3.8, 4) is 0 Å². The van der Waals surface area contributed by atoms with E-state index in [9.17, 15) is 0 Å². The van der Waals surface area contributed by atoms with Gasteiger partial charge in [-0.15, -0.1) is 0 Å². The van der Waals surface area contributed by atoms with Crippen LogP contribution in [0, 0.1) is 5.41 Å². The molecule has 0 aliphatic heterocycles. The third-order valence-electron chi connectivity index (χ3n) is 2.67. The highest BCUT2D eigenvalue weighted by atomic mass is 79.9. The zero-order chi connectivity index (χ0) is 13.8. The van der Waals surface area contributed by atoms with Gasteiger partial charge < -0.3 is 10.6 Å². The first-order valence-electron chi connectivity index (χ1n) is 5.69. The van der Waals surface area contributed by atoms with Crippen LogP contribution < -0.4 is 10.6 Å². The number of nitrogens with zero attached hydrogens (tertiary/aromatic N) is 3. The Kier molecular flexibility index (Phi) is 4.11. The second-order valence-electron chi connectivity index (χ2n) is 4.12. The zero-order valence-electron chi connectivity index (χ0n) is 10.5. The second-order valence-corrected chi connectivity index (χ2v) is 4.98. The molecule has 0 saturated heterocycles. The van der Waals surface area contributed by atoms with Gasteiger partial charge in [0.1, 0.15) is 17.3 Å². The minimum Gasteiger partial charge on any atom is -0.382 e. The first-order valence-corrected chi connectivity index (χ1v) is 6.48. The predicted molar refractivity (Wildman–Crippen MR) is 79.3 cm³/mol. The van der Waals surface area contributed by atoms with Crippen molar-refractivity contribution in [1.29, 1.82) is 5.41 Å². The van der Waals surface area contributed by atoms with Gasteiger partial charge in [0.05, 0.1) is 12.4 Å². The van der Waals surface area contributed by atoms with E-state index in [-0.39, 0.29) is 5.84 Å². The Morgan fingerprint density at radius 3 is 2.63 bits per heavy atom. The van der Waals surface area contributed by atoms with Crippen LogP contribution in [0.5, 0.6) is 0 Å². The lowest BCUT2D eigenvalue weighted by Crippen LogP contribution is -2.19. The summed E-state index contributed by atoms with van der Waals surface area (Å²) in [6.07, 6.45) is 3.13. The van der Waals surface area contributed by atoms with Gasteiger partial charge >= 0.3 is 0 Å². The van der Waals surface area contributed by atoms with Crippen LogP contribution in [0.2, 0.25) is 0 Å². The topological polar surface area (TPSA) is 78.9 Å². The summed E-state index contributed by atoms with van der Waals surface area (Å²) < 4.78 is 1.06. The minimum atomic E-state index is -0.0764. The quantitative estimate of drug-likeness (QED) is 0.668. The van der Waals surface area contributed by atoms with E-state index in [1.54, 1.807) is 6.20 Å². The van der Waals surface area contributed by atoms with Gasteiger partial charge in [-0.25, -0.2) is 9.97 Å². The molecule has 3 N–H and O–H groups in total. The second kappa shape index (κ2) is 5.79. The number of rotatable bonds is 4. The predicted octanol–water partition coefficient (Wildman–Crippen LogP) is 2.16. The van der Waals surface area contributed by atoms with Crippen LogP contribution in [0.15, 0.2) is 41.1 Å². The molecule has 5 nitrogen and oxygen atoms in total. The van der Waals surface area contributed by atoms with Crippen LogP contribution in [0.4, 0.5) is 5.82 Å². The van der Waals surface area contributed by atoms with Crippen LogP contribution >= 0.6 is 15.9 Å². The summed E-state index contributed by atoms with van der Waals surface area (Å²) >= 11 is 3.52. The molecule has 0 fully saturated rings. The monoisotopic (exact) mass is 319 g/mol. The Hall–Kier alpha value is -1.95. The molecule has 1 aromatic carbocycles. The van der Waals surface area contributed by atoms with E-state index in [4.69, 9.17) is 11.1 Å². The first kappa shape index (κ1) is 13.5. The van der Waals surface area contributed by atoms with Crippen molar-refractivity contribution in [2.45, 2.75) is 6.54 Å². The fraction of sp³-hybridized carbons (Fsp3) is 0.154. The molecule has 0 aliphatic carbocycles. The van der Waals surface area contributed by atoms with Crippen molar-refractivity contribution in [3.63, 3.8) is 0 Å². The summed E-state index contributed by atoms with van der Waals surface area (Å²) in [4.78, 5) is 10.3. The summed E-state index contributed by atoms with van der Waals surface area (Å²) in [6.45, 7) is 0.718. The molecule has 6 heteroatoms. The summed E-state index contributed by atoms with van der Waals surface area (Å²) in [5.41, 5.74) is 6.90. The summed E-state index contributed by atoms with van der Waals surface area (Å²) in [6, 6.07) is 8.04. The van der Waals surface area contributed by atoms with Gasteiger partial charge in [0.15, 0.2) is 0 Å². The number of nitrogens with one attached hydrogen (secondary N) is 1. The maximum absolute atomic E-state index is 7.28. The van der Waals surface area contributed by atoms with Gasteiger partial charge in [0.25, 0.3) is 0 Å². The lowest BCUT2D eigenvalue weighted by Gasteiger charge is -2.18. The average molecular weight is 320 g/mol. The third-order valence-corrected chi connectivity index (χ3v) is 3.44. The van der Waals surface area contributed by atoms with E-state index in [2.05, 4.69) is 32.0 Å². The molecule has 0 saturated carbocycles. The van der Waals surface area contributed by atoms with Crippen LogP contribution in [0.1, 0.15) is 11.3 Å². The Morgan fingerprint density at radius 2 is 2.05 bits per heavy atom. The lowest BCUT2D eigenvalue weighted by atomic mass is 10.2. The number of nitrogen functional groups attached to an aromatic ring is 1. The number of benzene rings is 1. The SMILES string of the molecule is CN(Cc1ccccc1Br)c1cnc(C(=N)N)cn1. The Balaban J connectivity index is 2.14. The minimum absolute atomic E-state index is 0.0764. The molecule has 1 heterocycles. The molecule has 0 atom stereocenters. The fourth-order valence-electron chi connectivity index (χ4n) is 1.62. The Bertz CT molecular complexity index is 582. The molecule has 1 aromatic heterocycles. The molecule has 0 unspecified atom stereocenters. The van der Waals surface area contributed by atoms with E-state index >= 15 is 0 Å². The highest BCUT2D eigenvalue weighted by Gasteiger charge is 2.07. The number of anilines is 1. The maximum Gasteiger partial charge on any atom is 0.147 e. The molecular weight excluding hydrogens is 306 g/mol.